The second kappa shape index (κ2) is 4.70. The van der Waals surface area contributed by atoms with Crippen molar-refractivity contribution in [3.63, 3.8) is 0 Å². The third kappa shape index (κ3) is 2.33. The van der Waals surface area contributed by atoms with Crippen LogP contribution >= 0.6 is 0 Å². The van der Waals surface area contributed by atoms with Crippen molar-refractivity contribution in [3.05, 3.63) is 53.6 Å². The number of carbonyl (C=O) groups excluding carboxylic acids is 2. The number of amides is 2. The molecule has 0 bridgehead atoms. The van der Waals surface area contributed by atoms with E-state index in [1.165, 1.54) is 12.1 Å². The third-order valence-electron chi connectivity index (χ3n) is 3.12. The minimum atomic E-state index is -0.264. The summed E-state index contributed by atoms with van der Waals surface area (Å²) in [6.07, 6.45) is 0.356. The quantitative estimate of drug-likeness (QED) is 0.730. The highest BCUT2D eigenvalue weighted by Gasteiger charge is 2.19. The van der Waals surface area contributed by atoms with Gasteiger partial charge in [0.2, 0.25) is 5.91 Å². The van der Waals surface area contributed by atoms with Gasteiger partial charge in [0.15, 0.2) is 0 Å². The lowest BCUT2D eigenvalue weighted by molar-refractivity contribution is -0.115. The molecular weight excluding hydrogens is 256 g/mol. The number of hydrogen-bond donors (Lipinski definition) is 3. The van der Waals surface area contributed by atoms with Gasteiger partial charge in [0.05, 0.1) is 6.42 Å². The zero-order chi connectivity index (χ0) is 14.1. The lowest BCUT2D eigenvalue weighted by Crippen LogP contribution is -2.12. The van der Waals surface area contributed by atoms with Crippen molar-refractivity contribution in [1.82, 2.24) is 0 Å². The van der Waals surface area contributed by atoms with Crippen LogP contribution in [0, 0.1) is 0 Å². The normalized spacial score (nSPS) is 12.7. The average Bonchev–Trinajstić information content (AvgIpc) is 2.80. The zero-order valence-electron chi connectivity index (χ0n) is 10.5. The maximum absolute atomic E-state index is 12.1. The number of aromatic hydroxyl groups is 1. The molecule has 100 valence electrons. The second-order valence-electron chi connectivity index (χ2n) is 4.60. The van der Waals surface area contributed by atoms with Gasteiger partial charge in [0.1, 0.15) is 5.75 Å². The summed E-state index contributed by atoms with van der Waals surface area (Å²) in [5.41, 5.74) is 2.65. The Morgan fingerprint density at radius 1 is 1.15 bits per heavy atom. The molecule has 2 aromatic carbocycles. The van der Waals surface area contributed by atoms with Crippen LogP contribution in [0.2, 0.25) is 0 Å². The summed E-state index contributed by atoms with van der Waals surface area (Å²) in [5, 5.41) is 14.6. The Hall–Kier alpha value is -2.82. The second-order valence-corrected chi connectivity index (χ2v) is 4.60. The van der Waals surface area contributed by atoms with Crippen molar-refractivity contribution >= 4 is 23.2 Å². The Kier molecular flexibility index (Phi) is 2.87. The van der Waals surface area contributed by atoms with Crippen molar-refractivity contribution in [3.8, 4) is 5.75 Å². The van der Waals surface area contributed by atoms with E-state index in [2.05, 4.69) is 10.6 Å². The van der Waals surface area contributed by atoms with E-state index in [1.54, 1.807) is 30.3 Å². The molecule has 3 rings (SSSR count). The number of anilines is 2. The molecule has 0 unspecified atom stereocenters. The number of phenols is 1. The van der Waals surface area contributed by atoms with Gasteiger partial charge in [-0.05, 0) is 42.0 Å². The number of hydrogen-bond acceptors (Lipinski definition) is 3. The van der Waals surface area contributed by atoms with Gasteiger partial charge in [-0.1, -0.05) is 6.07 Å². The first-order valence-corrected chi connectivity index (χ1v) is 6.15. The summed E-state index contributed by atoms with van der Waals surface area (Å²) in [5.74, 6) is -0.182. The van der Waals surface area contributed by atoms with Crippen LogP contribution < -0.4 is 10.6 Å². The minimum absolute atomic E-state index is 0.0592. The lowest BCUT2D eigenvalue weighted by atomic mass is 10.1. The summed E-state index contributed by atoms with van der Waals surface area (Å²) in [6, 6.07) is 11.4. The van der Waals surface area contributed by atoms with Crippen molar-refractivity contribution < 1.29 is 14.7 Å². The summed E-state index contributed by atoms with van der Waals surface area (Å²) in [4.78, 5) is 23.4. The third-order valence-corrected chi connectivity index (χ3v) is 3.12. The highest BCUT2D eigenvalue weighted by atomic mass is 16.3. The fraction of sp³-hybridized carbons (Fsp3) is 0.0667. The Labute approximate surface area is 115 Å². The van der Waals surface area contributed by atoms with E-state index in [-0.39, 0.29) is 17.6 Å². The topological polar surface area (TPSA) is 78.4 Å². The van der Waals surface area contributed by atoms with E-state index in [1.807, 2.05) is 0 Å². The van der Waals surface area contributed by atoms with Gasteiger partial charge < -0.3 is 15.7 Å². The van der Waals surface area contributed by atoms with E-state index < -0.39 is 0 Å². The summed E-state index contributed by atoms with van der Waals surface area (Å²) < 4.78 is 0. The van der Waals surface area contributed by atoms with E-state index in [4.69, 9.17) is 0 Å². The molecule has 1 aliphatic heterocycles. The van der Waals surface area contributed by atoms with Crippen molar-refractivity contribution in [2.45, 2.75) is 6.42 Å². The molecule has 0 aromatic heterocycles. The standard InChI is InChI=1S/C15H12N2O3/c18-12-5-3-11(4-6-12)16-15(20)10-2-1-9-8-14(19)17-13(9)7-10/h1-7,18H,8H2,(H,16,20)(H,17,19). The molecule has 5 nitrogen and oxygen atoms in total. The van der Waals surface area contributed by atoms with Crippen molar-refractivity contribution in [2.75, 3.05) is 10.6 Å². The summed E-state index contributed by atoms with van der Waals surface area (Å²) in [6.45, 7) is 0. The predicted octanol–water partition coefficient (Wildman–Crippen LogP) is 2.14. The smallest absolute Gasteiger partial charge is 0.255 e. The molecule has 0 saturated carbocycles. The molecule has 0 atom stereocenters. The molecule has 5 heteroatoms. The SMILES string of the molecule is O=C1Cc2ccc(C(=O)Nc3ccc(O)cc3)cc2N1. The Morgan fingerprint density at radius 3 is 2.65 bits per heavy atom. The molecule has 1 heterocycles. The predicted molar refractivity (Wildman–Crippen MR) is 74.8 cm³/mol. The lowest BCUT2D eigenvalue weighted by Gasteiger charge is -2.07. The molecule has 0 spiro atoms. The molecule has 0 radical (unpaired) electrons. The highest BCUT2D eigenvalue weighted by Crippen LogP contribution is 2.24. The van der Waals surface area contributed by atoms with Crippen LogP contribution in [0.5, 0.6) is 5.75 Å². The molecule has 3 N–H and O–H groups in total. The molecule has 2 amide bonds. The molecular formula is C15H12N2O3. The number of rotatable bonds is 2. The van der Waals surface area contributed by atoms with Gasteiger partial charge in [-0.25, -0.2) is 0 Å². The van der Waals surface area contributed by atoms with Crippen LogP contribution in [-0.4, -0.2) is 16.9 Å². The number of benzene rings is 2. The van der Waals surface area contributed by atoms with Gasteiger partial charge >= 0.3 is 0 Å². The van der Waals surface area contributed by atoms with Gasteiger partial charge in [-0.3, -0.25) is 9.59 Å². The minimum Gasteiger partial charge on any atom is -0.508 e. The maximum atomic E-state index is 12.1. The Morgan fingerprint density at radius 2 is 1.90 bits per heavy atom. The molecule has 0 fully saturated rings. The van der Waals surface area contributed by atoms with Gasteiger partial charge in [0, 0.05) is 16.9 Å². The van der Waals surface area contributed by atoms with Gasteiger partial charge in [-0.2, -0.15) is 0 Å². The van der Waals surface area contributed by atoms with Crippen molar-refractivity contribution in [1.29, 1.82) is 0 Å². The average molecular weight is 268 g/mol. The van der Waals surface area contributed by atoms with Crippen LogP contribution in [-0.2, 0) is 11.2 Å². The number of nitrogens with one attached hydrogen (secondary N) is 2. The number of fused-ring (bicyclic) bond motifs is 1. The summed E-state index contributed by atoms with van der Waals surface area (Å²) in [7, 11) is 0. The highest BCUT2D eigenvalue weighted by molar-refractivity contribution is 6.07. The zero-order valence-corrected chi connectivity index (χ0v) is 10.5. The van der Waals surface area contributed by atoms with E-state index >= 15 is 0 Å². The van der Waals surface area contributed by atoms with E-state index in [0.29, 0.717) is 23.4 Å². The molecule has 1 aliphatic rings. The van der Waals surface area contributed by atoms with Crippen molar-refractivity contribution in [2.24, 2.45) is 0 Å². The summed E-state index contributed by atoms with van der Waals surface area (Å²) >= 11 is 0. The first kappa shape index (κ1) is 12.2. The fourth-order valence-corrected chi connectivity index (χ4v) is 2.10. The molecule has 2 aromatic rings. The molecule has 20 heavy (non-hydrogen) atoms. The first-order valence-electron chi connectivity index (χ1n) is 6.15. The van der Waals surface area contributed by atoms with Gasteiger partial charge in [0.25, 0.3) is 5.91 Å². The first-order chi connectivity index (χ1) is 9.61. The monoisotopic (exact) mass is 268 g/mol. The Bertz CT molecular complexity index is 693. The van der Waals surface area contributed by atoms with Gasteiger partial charge in [-0.15, -0.1) is 0 Å². The fourth-order valence-electron chi connectivity index (χ4n) is 2.10. The number of phenolic OH excluding ortho intramolecular Hbond substituents is 1. The van der Waals surface area contributed by atoms with E-state index in [9.17, 15) is 14.7 Å². The van der Waals surface area contributed by atoms with Crippen LogP contribution in [0.25, 0.3) is 0 Å². The van der Waals surface area contributed by atoms with Crippen LogP contribution in [0.1, 0.15) is 15.9 Å². The molecule has 0 aliphatic carbocycles. The Balaban J connectivity index is 1.79. The maximum Gasteiger partial charge on any atom is 0.255 e. The molecule has 0 saturated heterocycles. The van der Waals surface area contributed by atoms with Crippen LogP contribution in [0.4, 0.5) is 11.4 Å². The number of carbonyl (C=O) groups is 2. The largest absolute Gasteiger partial charge is 0.508 e. The van der Waals surface area contributed by atoms with E-state index in [0.717, 1.165) is 5.56 Å². The van der Waals surface area contributed by atoms with Crippen LogP contribution in [0.3, 0.4) is 0 Å². The van der Waals surface area contributed by atoms with Crippen LogP contribution in [0.15, 0.2) is 42.5 Å².